The molecule has 0 radical (unpaired) electrons. The highest BCUT2D eigenvalue weighted by Gasteiger charge is 2.14. The van der Waals surface area contributed by atoms with E-state index in [1.165, 1.54) is 0 Å². The van der Waals surface area contributed by atoms with Gasteiger partial charge in [0, 0.05) is 30.4 Å². The van der Waals surface area contributed by atoms with Gasteiger partial charge >= 0.3 is 5.69 Å². The molecule has 3 aromatic rings. The van der Waals surface area contributed by atoms with Crippen molar-refractivity contribution in [3.63, 3.8) is 0 Å². The standard InChI is InChI=1S/C20H22BrN5O3/c1-3-25-15-9-10-16(24-19(15)26(4-2)20(25)29)23-18(28)12-11-17(27)22-14-8-6-5-7-13(14)21/h5-10H,3-4,11-12H2,1-2H3,(H,22,27)(H,23,24,28). The average molecular weight is 460 g/mol. The van der Waals surface area contributed by atoms with Gasteiger partial charge in [-0.25, -0.2) is 9.78 Å². The Kier molecular flexibility index (Phi) is 6.48. The summed E-state index contributed by atoms with van der Waals surface area (Å²) in [6, 6.07) is 10.7. The second-order valence-electron chi connectivity index (χ2n) is 6.39. The molecule has 0 atom stereocenters. The van der Waals surface area contributed by atoms with Crippen LogP contribution in [0.2, 0.25) is 0 Å². The molecule has 0 saturated heterocycles. The number of imidazole rings is 1. The first-order valence-corrected chi connectivity index (χ1v) is 10.2. The molecule has 8 nitrogen and oxygen atoms in total. The first-order valence-electron chi connectivity index (χ1n) is 9.38. The molecule has 29 heavy (non-hydrogen) atoms. The number of carbonyl (C=O) groups is 2. The van der Waals surface area contributed by atoms with Gasteiger partial charge in [0.15, 0.2) is 5.65 Å². The highest BCUT2D eigenvalue weighted by molar-refractivity contribution is 9.10. The van der Waals surface area contributed by atoms with Crippen molar-refractivity contribution >= 4 is 50.4 Å². The van der Waals surface area contributed by atoms with E-state index in [-0.39, 0.29) is 30.3 Å². The van der Waals surface area contributed by atoms with E-state index in [9.17, 15) is 14.4 Å². The minimum Gasteiger partial charge on any atom is -0.325 e. The van der Waals surface area contributed by atoms with Crippen molar-refractivity contribution in [2.75, 3.05) is 10.6 Å². The molecule has 0 aliphatic rings. The third kappa shape index (κ3) is 4.56. The summed E-state index contributed by atoms with van der Waals surface area (Å²) in [5.74, 6) is -0.223. The molecule has 0 saturated carbocycles. The van der Waals surface area contributed by atoms with E-state index < -0.39 is 0 Å². The largest absolute Gasteiger partial charge is 0.330 e. The van der Waals surface area contributed by atoms with Crippen LogP contribution in [0.5, 0.6) is 0 Å². The molecule has 152 valence electrons. The van der Waals surface area contributed by atoms with Crippen LogP contribution in [0.15, 0.2) is 45.7 Å². The summed E-state index contributed by atoms with van der Waals surface area (Å²) < 4.78 is 3.99. The number of hydrogen-bond acceptors (Lipinski definition) is 4. The van der Waals surface area contributed by atoms with E-state index >= 15 is 0 Å². The third-order valence-corrected chi connectivity index (χ3v) is 5.18. The number of anilines is 2. The van der Waals surface area contributed by atoms with Crippen molar-refractivity contribution in [3.05, 3.63) is 51.4 Å². The van der Waals surface area contributed by atoms with Crippen LogP contribution >= 0.6 is 15.9 Å². The molecule has 0 bridgehead atoms. The first kappa shape index (κ1) is 20.8. The maximum atomic E-state index is 12.4. The quantitative estimate of drug-likeness (QED) is 0.565. The lowest BCUT2D eigenvalue weighted by molar-refractivity contribution is -0.121. The van der Waals surface area contributed by atoms with Gasteiger partial charge < -0.3 is 10.6 Å². The summed E-state index contributed by atoms with van der Waals surface area (Å²) >= 11 is 3.36. The summed E-state index contributed by atoms with van der Waals surface area (Å²) in [5.41, 5.74) is 1.79. The lowest BCUT2D eigenvalue weighted by atomic mass is 10.2. The van der Waals surface area contributed by atoms with E-state index in [1.807, 2.05) is 32.0 Å². The van der Waals surface area contributed by atoms with Crippen LogP contribution in [-0.2, 0) is 22.7 Å². The molecule has 1 aromatic carbocycles. The molecular weight excluding hydrogens is 438 g/mol. The Labute approximate surface area is 176 Å². The van der Waals surface area contributed by atoms with E-state index in [0.717, 1.165) is 9.99 Å². The van der Waals surface area contributed by atoms with E-state index in [0.29, 0.717) is 30.2 Å². The summed E-state index contributed by atoms with van der Waals surface area (Å²) in [6.45, 7) is 4.80. The monoisotopic (exact) mass is 459 g/mol. The molecule has 0 unspecified atom stereocenters. The Morgan fingerprint density at radius 1 is 0.966 bits per heavy atom. The third-order valence-electron chi connectivity index (χ3n) is 4.49. The van der Waals surface area contributed by atoms with Gasteiger partial charge in [-0.1, -0.05) is 12.1 Å². The molecule has 2 aromatic heterocycles. The van der Waals surface area contributed by atoms with Crippen molar-refractivity contribution in [1.29, 1.82) is 0 Å². The fourth-order valence-corrected chi connectivity index (χ4v) is 3.44. The first-order chi connectivity index (χ1) is 13.9. The highest BCUT2D eigenvalue weighted by Crippen LogP contribution is 2.21. The van der Waals surface area contributed by atoms with Gasteiger partial charge in [-0.3, -0.25) is 18.7 Å². The van der Waals surface area contributed by atoms with Crippen LogP contribution in [-0.4, -0.2) is 25.9 Å². The Bertz CT molecular complexity index is 1120. The normalized spacial score (nSPS) is 10.9. The summed E-state index contributed by atoms with van der Waals surface area (Å²) in [6.07, 6.45) is 0.0633. The lowest BCUT2D eigenvalue weighted by Gasteiger charge is -2.08. The minimum atomic E-state index is -0.320. The van der Waals surface area contributed by atoms with Crippen LogP contribution in [0, 0.1) is 0 Å². The molecule has 2 amide bonds. The second-order valence-corrected chi connectivity index (χ2v) is 7.24. The highest BCUT2D eigenvalue weighted by atomic mass is 79.9. The Morgan fingerprint density at radius 2 is 1.62 bits per heavy atom. The number of carbonyl (C=O) groups excluding carboxylic acids is 2. The average Bonchev–Trinajstić information content (AvgIpc) is 2.98. The van der Waals surface area contributed by atoms with Crippen molar-refractivity contribution in [2.24, 2.45) is 0 Å². The Morgan fingerprint density at radius 3 is 2.28 bits per heavy atom. The Hall–Kier alpha value is -2.94. The second kappa shape index (κ2) is 9.04. The zero-order valence-electron chi connectivity index (χ0n) is 16.2. The fourth-order valence-electron chi connectivity index (χ4n) is 3.06. The molecule has 2 heterocycles. The fraction of sp³-hybridized carbons (Fsp3) is 0.300. The summed E-state index contributed by atoms with van der Waals surface area (Å²) in [7, 11) is 0. The summed E-state index contributed by atoms with van der Waals surface area (Å²) in [5, 5.41) is 5.46. The molecule has 0 spiro atoms. The smallest absolute Gasteiger partial charge is 0.325 e. The van der Waals surface area contributed by atoms with Gasteiger partial charge in [-0.15, -0.1) is 0 Å². The van der Waals surface area contributed by atoms with Gasteiger partial charge in [0.1, 0.15) is 5.82 Å². The molecule has 0 fully saturated rings. The van der Waals surface area contributed by atoms with Gasteiger partial charge in [0.2, 0.25) is 11.8 Å². The molecule has 0 aliphatic heterocycles. The number of aromatic nitrogens is 3. The topological polar surface area (TPSA) is 98.0 Å². The number of benzene rings is 1. The van der Waals surface area contributed by atoms with Gasteiger partial charge in [0.25, 0.3) is 0 Å². The number of nitrogens with one attached hydrogen (secondary N) is 2. The van der Waals surface area contributed by atoms with Crippen molar-refractivity contribution in [2.45, 2.75) is 39.8 Å². The minimum absolute atomic E-state index is 0.0204. The number of fused-ring (bicyclic) bond motifs is 1. The zero-order chi connectivity index (χ0) is 21.0. The molecule has 2 N–H and O–H groups in total. The number of pyridine rings is 1. The number of amides is 2. The van der Waals surface area contributed by atoms with E-state index in [1.54, 1.807) is 27.3 Å². The van der Waals surface area contributed by atoms with Gasteiger partial charge in [-0.05, 0) is 54.0 Å². The predicted molar refractivity (Wildman–Crippen MR) is 116 cm³/mol. The number of halogens is 1. The molecule has 0 aliphatic carbocycles. The van der Waals surface area contributed by atoms with Crippen LogP contribution in [0.3, 0.4) is 0 Å². The number of hydrogen-bond donors (Lipinski definition) is 2. The van der Waals surface area contributed by atoms with Crippen LogP contribution in [0.1, 0.15) is 26.7 Å². The van der Waals surface area contributed by atoms with Crippen molar-refractivity contribution in [1.82, 2.24) is 14.1 Å². The molecule has 9 heteroatoms. The number of rotatable bonds is 7. The van der Waals surface area contributed by atoms with Gasteiger partial charge in [0.05, 0.1) is 11.2 Å². The predicted octanol–water partition coefficient (Wildman–Crippen LogP) is 3.36. The van der Waals surface area contributed by atoms with E-state index in [2.05, 4.69) is 31.5 Å². The lowest BCUT2D eigenvalue weighted by Crippen LogP contribution is -2.23. The molecular formula is C20H22BrN5O3. The van der Waals surface area contributed by atoms with E-state index in [4.69, 9.17) is 0 Å². The maximum absolute atomic E-state index is 12.4. The number of para-hydroxylation sites is 1. The van der Waals surface area contributed by atoms with Crippen LogP contribution in [0.4, 0.5) is 11.5 Å². The summed E-state index contributed by atoms with van der Waals surface area (Å²) in [4.78, 5) is 41.1. The number of aryl methyl sites for hydroxylation is 2. The van der Waals surface area contributed by atoms with Crippen LogP contribution in [0.25, 0.3) is 11.2 Å². The zero-order valence-corrected chi connectivity index (χ0v) is 17.8. The van der Waals surface area contributed by atoms with Crippen LogP contribution < -0.4 is 16.3 Å². The Balaban J connectivity index is 1.65. The molecule has 3 rings (SSSR count). The number of nitrogens with zero attached hydrogens (tertiary/aromatic N) is 3. The van der Waals surface area contributed by atoms with Crippen molar-refractivity contribution < 1.29 is 9.59 Å². The maximum Gasteiger partial charge on any atom is 0.330 e. The SMILES string of the molecule is CCn1c(=O)n(CC)c2nc(NC(=O)CCC(=O)Nc3ccccc3Br)ccc21. The van der Waals surface area contributed by atoms with Crippen molar-refractivity contribution in [3.8, 4) is 0 Å². The van der Waals surface area contributed by atoms with Gasteiger partial charge in [-0.2, -0.15) is 0 Å².